The summed E-state index contributed by atoms with van der Waals surface area (Å²) < 4.78 is 10.8. The third-order valence-corrected chi connectivity index (χ3v) is 6.74. The van der Waals surface area contributed by atoms with Crippen molar-refractivity contribution in [3.8, 4) is 5.75 Å². The normalized spacial score (nSPS) is 10.7. The highest BCUT2D eigenvalue weighted by Gasteiger charge is 2.28. The van der Waals surface area contributed by atoms with E-state index in [1.54, 1.807) is 6.92 Å². The van der Waals surface area contributed by atoms with Crippen LogP contribution in [0.3, 0.4) is 0 Å². The van der Waals surface area contributed by atoms with Gasteiger partial charge in [-0.3, -0.25) is 0 Å². The molecule has 0 aliphatic carbocycles. The summed E-state index contributed by atoms with van der Waals surface area (Å²) in [6.07, 6.45) is 0. The van der Waals surface area contributed by atoms with Crippen molar-refractivity contribution < 1.29 is 14.3 Å². The van der Waals surface area contributed by atoms with Gasteiger partial charge in [-0.1, -0.05) is 42.0 Å². The van der Waals surface area contributed by atoms with Crippen molar-refractivity contribution in [3.63, 3.8) is 0 Å². The standard InChI is InChI=1S/C26H27O3S/c1-19(2)26(27)29-18-17-28-22-9-15-25(16-10-22)30(23-11-5-20(3)6-12-23)24-13-7-21(4)8-14-24/h5-16H,1,17-18H2,2-4H3/q+1. The highest BCUT2D eigenvalue weighted by atomic mass is 32.2. The minimum Gasteiger partial charge on any atom is -0.490 e. The van der Waals surface area contributed by atoms with Crippen LogP contribution in [0.2, 0.25) is 0 Å². The molecule has 0 aliphatic heterocycles. The van der Waals surface area contributed by atoms with E-state index in [0.29, 0.717) is 12.2 Å². The lowest BCUT2D eigenvalue weighted by atomic mass is 10.2. The highest BCUT2D eigenvalue weighted by Crippen LogP contribution is 2.32. The van der Waals surface area contributed by atoms with Gasteiger partial charge in [-0.25, -0.2) is 4.79 Å². The van der Waals surface area contributed by atoms with Gasteiger partial charge < -0.3 is 9.47 Å². The topological polar surface area (TPSA) is 35.5 Å². The SMILES string of the molecule is C=C(C)C(=O)OCCOc1ccc([S+](c2ccc(C)cc2)c2ccc(C)cc2)cc1. The molecule has 0 unspecified atom stereocenters. The van der Waals surface area contributed by atoms with Gasteiger partial charge in [0.1, 0.15) is 19.0 Å². The van der Waals surface area contributed by atoms with E-state index in [1.165, 1.54) is 25.8 Å². The van der Waals surface area contributed by atoms with E-state index in [0.717, 1.165) is 5.75 Å². The molecule has 0 heterocycles. The van der Waals surface area contributed by atoms with E-state index >= 15 is 0 Å². The maximum atomic E-state index is 11.4. The van der Waals surface area contributed by atoms with Crippen LogP contribution in [0.4, 0.5) is 0 Å². The Morgan fingerprint density at radius 3 is 1.63 bits per heavy atom. The minimum absolute atomic E-state index is 0.193. The Labute approximate surface area is 181 Å². The molecule has 0 aliphatic rings. The van der Waals surface area contributed by atoms with Crippen LogP contribution in [0.15, 0.2) is 99.6 Å². The van der Waals surface area contributed by atoms with E-state index in [1.807, 2.05) is 12.1 Å². The number of carbonyl (C=O) groups excluding carboxylic acids is 1. The van der Waals surface area contributed by atoms with Gasteiger partial charge in [0.15, 0.2) is 14.7 Å². The molecular weight excluding hydrogens is 392 g/mol. The number of ether oxygens (including phenoxy) is 2. The first-order valence-electron chi connectivity index (χ1n) is 9.87. The van der Waals surface area contributed by atoms with Crippen molar-refractivity contribution in [1.29, 1.82) is 0 Å². The molecule has 0 saturated carbocycles. The second-order valence-corrected chi connectivity index (χ2v) is 9.19. The van der Waals surface area contributed by atoms with Gasteiger partial charge >= 0.3 is 5.97 Å². The number of benzene rings is 3. The lowest BCUT2D eigenvalue weighted by Gasteiger charge is -2.10. The highest BCUT2D eigenvalue weighted by molar-refractivity contribution is 7.97. The zero-order valence-electron chi connectivity index (χ0n) is 17.7. The largest absolute Gasteiger partial charge is 0.490 e. The molecule has 0 N–H and O–H groups in total. The molecule has 0 saturated heterocycles. The van der Waals surface area contributed by atoms with Crippen molar-refractivity contribution in [2.24, 2.45) is 0 Å². The van der Waals surface area contributed by atoms with Gasteiger partial charge in [0, 0.05) is 5.57 Å². The summed E-state index contributed by atoms with van der Waals surface area (Å²) in [5, 5.41) is 0. The van der Waals surface area contributed by atoms with Crippen molar-refractivity contribution >= 4 is 16.9 Å². The van der Waals surface area contributed by atoms with Crippen molar-refractivity contribution in [2.45, 2.75) is 35.5 Å². The summed E-state index contributed by atoms with van der Waals surface area (Å²) in [4.78, 5) is 15.2. The second kappa shape index (κ2) is 10.2. The smallest absolute Gasteiger partial charge is 0.333 e. The summed E-state index contributed by atoms with van der Waals surface area (Å²) in [7, 11) is -0.193. The molecule has 0 spiro atoms. The predicted molar refractivity (Wildman–Crippen MR) is 122 cm³/mol. The first-order chi connectivity index (χ1) is 14.4. The molecule has 0 aromatic heterocycles. The molecule has 0 radical (unpaired) electrons. The zero-order valence-corrected chi connectivity index (χ0v) is 18.5. The fourth-order valence-corrected chi connectivity index (χ4v) is 4.89. The summed E-state index contributed by atoms with van der Waals surface area (Å²) >= 11 is 0. The molecule has 4 heteroatoms. The van der Waals surface area contributed by atoms with Gasteiger partial charge in [-0.05, 0) is 69.3 Å². The predicted octanol–water partition coefficient (Wildman–Crippen LogP) is 5.90. The molecule has 3 nitrogen and oxygen atoms in total. The first kappa shape index (κ1) is 21.7. The number of carbonyl (C=O) groups is 1. The maximum Gasteiger partial charge on any atom is 0.333 e. The van der Waals surface area contributed by atoms with Gasteiger partial charge in [-0.15, -0.1) is 0 Å². The Kier molecular flexibility index (Phi) is 7.36. The molecule has 3 rings (SSSR count). The Hall–Kier alpha value is -2.98. The van der Waals surface area contributed by atoms with Crippen molar-refractivity contribution in [2.75, 3.05) is 13.2 Å². The lowest BCUT2D eigenvalue weighted by Crippen LogP contribution is -2.12. The van der Waals surface area contributed by atoms with Crippen LogP contribution in [0.1, 0.15) is 18.1 Å². The summed E-state index contributed by atoms with van der Waals surface area (Å²) in [5.74, 6) is 0.357. The van der Waals surface area contributed by atoms with Gasteiger partial charge in [0.2, 0.25) is 0 Å². The Morgan fingerprint density at radius 1 is 0.767 bits per heavy atom. The molecule has 0 bridgehead atoms. The first-order valence-corrected chi connectivity index (χ1v) is 11.1. The van der Waals surface area contributed by atoms with Crippen LogP contribution in [-0.2, 0) is 20.4 Å². The maximum absolute atomic E-state index is 11.4. The van der Waals surface area contributed by atoms with Crippen LogP contribution < -0.4 is 4.74 Å². The molecule has 0 fully saturated rings. The molecule has 0 atom stereocenters. The second-order valence-electron chi connectivity index (χ2n) is 7.17. The van der Waals surface area contributed by atoms with E-state index in [9.17, 15) is 4.79 Å². The van der Waals surface area contributed by atoms with Crippen LogP contribution >= 0.6 is 0 Å². The summed E-state index contributed by atoms with van der Waals surface area (Å²) in [6.45, 7) is 9.90. The third-order valence-electron chi connectivity index (χ3n) is 4.51. The Bertz CT molecular complexity index is 944. The van der Waals surface area contributed by atoms with E-state index in [4.69, 9.17) is 9.47 Å². The quantitative estimate of drug-likeness (QED) is 0.197. The molecular formula is C26H27O3S+. The van der Waals surface area contributed by atoms with Crippen molar-refractivity contribution in [1.82, 2.24) is 0 Å². The lowest BCUT2D eigenvalue weighted by molar-refractivity contribution is -0.139. The zero-order chi connectivity index (χ0) is 21.5. The van der Waals surface area contributed by atoms with Crippen molar-refractivity contribution in [3.05, 3.63) is 96.1 Å². The molecule has 0 amide bonds. The number of rotatable bonds is 8. The van der Waals surface area contributed by atoms with Crippen LogP contribution in [-0.4, -0.2) is 19.2 Å². The number of aryl methyl sites for hydroxylation is 2. The number of esters is 1. The fraction of sp³-hybridized carbons (Fsp3) is 0.192. The monoisotopic (exact) mass is 419 g/mol. The number of hydrogen-bond acceptors (Lipinski definition) is 3. The van der Waals surface area contributed by atoms with Gasteiger partial charge in [0.25, 0.3) is 0 Å². The van der Waals surface area contributed by atoms with Crippen LogP contribution in [0.5, 0.6) is 5.75 Å². The molecule has 3 aromatic carbocycles. The van der Waals surface area contributed by atoms with E-state index < -0.39 is 5.97 Å². The fourth-order valence-electron chi connectivity index (χ4n) is 2.85. The van der Waals surface area contributed by atoms with E-state index in [2.05, 4.69) is 81.1 Å². The van der Waals surface area contributed by atoms with Gasteiger partial charge in [0.05, 0.1) is 10.9 Å². The molecule has 154 valence electrons. The Balaban J connectivity index is 1.75. The average Bonchev–Trinajstić information content (AvgIpc) is 2.75. The summed E-state index contributed by atoms with van der Waals surface area (Å²) in [6, 6.07) is 25.6. The molecule has 3 aromatic rings. The van der Waals surface area contributed by atoms with Gasteiger partial charge in [-0.2, -0.15) is 0 Å². The van der Waals surface area contributed by atoms with E-state index in [-0.39, 0.29) is 17.5 Å². The van der Waals surface area contributed by atoms with Crippen LogP contribution in [0, 0.1) is 13.8 Å². The Morgan fingerprint density at radius 2 is 1.20 bits per heavy atom. The summed E-state index contributed by atoms with van der Waals surface area (Å²) in [5.41, 5.74) is 2.89. The number of hydrogen-bond donors (Lipinski definition) is 0. The van der Waals surface area contributed by atoms with Crippen LogP contribution in [0.25, 0.3) is 0 Å². The third kappa shape index (κ3) is 5.77. The molecule has 30 heavy (non-hydrogen) atoms. The minimum atomic E-state index is -0.394. The average molecular weight is 420 g/mol.